The first-order valence-electron chi connectivity index (χ1n) is 7.26. The second-order valence-electron chi connectivity index (χ2n) is 4.30. The van der Waals surface area contributed by atoms with Gasteiger partial charge >= 0.3 is 0 Å². The number of thiazole rings is 1. The lowest BCUT2D eigenvalue weighted by molar-refractivity contribution is 0.145. The fraction of sp³-hybridized carbons (Fsp3) is 0.714. The first kappa shape index (κ1) is 20.6. The van der Waals surface area contributed by atoms with Gasteiger partial charge in [-0.2, -0.15) is 0 Å². The highest BCUT2D eigenvalue weighted by molar-refractivity contribution is 14.0. The SMILES string of the molecule is CCOCCCNC(=NC)NCCc1ncc(CC)s1.I. The predicted molar refractivity (Wildman–Crippen MR) is 101 cm³/mol. The summed E-state index contributed by atoms with van der Waals surface area (Å²) in [6.45, 7) is 7.46. The van der Waals surface area contributed by atoms with E-state index in [1.165, 1.54) is 9.88 Å². The zero-order valence-corrected chi connectivity index (χ0v) is 16.3. The van der Waals surface area contributed by atoms with Crippen LogP contribution in [-0.4, -0.2) is 44.3 Å². The summed E-state index contributed by atoms with van der Waals surface area (Å²) in [7, 11) is 1.79. The topological polar surface area (TPSA) is 58.5 Å². The molecule has 0 amide bonds. The maximum Gasteiger partial charge on any atom is 0.190 e. The first-order valence-corrected chi connectivity index (χ1v) is 8.07. The number of rotatable bonds is 9. The normalized spacial score (nSPS) is 11.1. The second kappa shape index (κ2) is 13.3. The molecule has 0 bridgehead atoms. The van der Waals surface area contributed by atoms with Crippen LogP contribution in [0.15, 0.2) is 11.2 Å². The van der Waals surface area contributed by atoms with Crippen molar-refractivity contribution < 1.29 is 4.74 Å². The lowest BCUT2D eigenvalue weighted by atomic mass is 10.4. The van der Waals surface area contributed by atoms with Crippen molar-refractivity contribution in [1.82, 2.24) is 15.6 Å². The minimum absolute atomic E-state index is 0. The Bertz CT molecular complexity index is 398. The van der Waals surface area contributed by atoms with E-state index in [9.17, 15) is 0 Å². The number of guanidine groups is 1. The van der Waals surface area contributed by atoms with E-state index in [-0.39, 0.29) is 24.0 Å². The molecule has 1 aromatic heterocycles. The summed E-state index contributed by atoms with van der Waals surface area (Å²) in [5.74, 6) is 0.841. The highest BCUT2D eigenvalue weighted by atomic mass is 127. The number of halogens is 1. The van der Waals surface area contributed by atoms with Crippen molar-refractivity contribution in [2.75, 3.05) is 33.4 Å². The van der Waals surface area contributed by atoms with Crippen molar-refractivity contribution >= 4 is 41.3 Å². The van der Waals surface area contributed by atoms with Gasteiger partial charge in [-0.3, -0.25) is 4.99 Å². The molecule has 7 heteroatoms. The Balaban J connectivity index is 0.00000400. The largest absolute Gasteiger partial charge is 0.382 e. The van der Waals surface area contributed by atoms with E-state index in [2.05, 4.69) is 27.5 Å². The quantitative estimate of drug-likeness (QED) is 0.276. The molecule has 0 spiro atoms. The Kier molecular flexibility index (Phi) is 13.0. The predicted octanol–water partition coefficient (Wildman–Crippen LogP) is 2.46. The van der Waals surface area contributed by atoms with Gasteiger partial charge in [0.05, 0.1) is 5.01 Å². The van der Waals surface area contributed by atoms with Crippen molar-refractivity contribution in [3.05, 3.63) is 16.1 Å². The smallest absolute Gasteiger partial charge is 0.190 e. The van der Waals surface area contributed by atoms with Gasteiger partial charge in [0.25, 0.3) is 0 Å². The van der Waals surface area contributed by atoms with E-state index in [4.69, 9.17) is 4.74 Å². The number of nitrogens with one attached hydrogen (secondary N) is 2. The summed E-state index contributed by atoms with van der Waals surface area (Å²) in [5, 5.41) is 7.76. The molecule has 1 heterocycles. The van der Waals surface area contributed by atoms with Crippen molar-refractivity contribution in [3.63, 3.8) is 0 Å². The van der Waals surface area contributed by atoms with E-state index >= 15 is 0 Å². The lowest BCUT2D eigenvalue weighted by Gasteiger charge is -2.11. The van der Waals surface area contributed by atoms with E-state index < -0.39 is 0 Å². The number of aromatic nitrogens is 1. The minimum atomic E-state index is 0. The Morgan fingerprint density at radius 1 is 1.33 bits per heavy atom. The van der Waals surface area contributed by atoms with Gasteiger partial charge in [0.1, 0.15) is 0 Å². The molecule has 0 fully saturated rings. The summed E-state index contributed by atoms with van der Waals surface area (Å²) in [6, 6.07) is 0. The zero-order valence-electron chi connectivity index (χ0n) is 13.1. The molecule has 0 aromatic carbocycles. The molecule has 0 aliphatic rings. The molecule has 0 saturated heterocycles. The van der Waals surface area contributed by atoms with Crippen molar-refractivity contribution in [2.24, 2.45) is 4.99 Å². The monoisotopic (exact) mass is 426 g/mol. The molecular formula is C14H27IN4OS. The van der Waals surface area contributed by atoms with Gasteiger partial charge in [-0.05, 0) is 19.8 Å². The van der Waals surface area contributed by atoms with Crippen LogP contribution in [0.1, 0.15) is 30.2 Å². The van der Waals surface area contributed by atoms with E-state index in [0.29, 0.717) is 0 Å². The maximum atomic E-state index is 5.29. The molecule has 0 atom stereocenters. The van der Waals surface area contributed by atoms with E-state index in [1.54, 1.807) is 18.4 Å². The van der Waals surface area contributed by atoms with Gasteiger partial charge in [0.15, 0.2) is 5.96 Å². The lowest BCUT2D eigenvalue weighted by Crippen LogP contribution is -2.39. The molecule has 5 nitrogen and oxygen atoms in total. The Hall–Kier alpha value is -0.410. The van der Waals surface area contributed by atoms with Gasteiger partial charge in [0.2, 0.25) is 0 Å². The van der Waals surface area contributed by atoms with Gasteiger partial charge in [-0.15, -0.1) is 35.3 Å². The van der Waals surface area contributed by atoms with Gasteiger partial charge in [-0.1, -0.05) is 6.92 Å². The summed E-state index contributed by atoms with van der Waals surface area (Å²) in [4.78, 5) is 9.95. The summed E-state index contributed by atoms with van der Waals surface area (Å²) in [6.07, 6.45) is 4.96. The van der Waals surface area contributed by atoms with Crippen molar-refractivity contribution in [2.45, 2.75) is 33.1 Å². The molecule has 0 radical (unpaired) electrons. The number of hydrogen-bond donors (Lipinski definition) is 2. The van der Waals surface area contributed by atoms with Crippen LogP contribution in [0.4, 0.5) is 0 Å². The standard InChI is InChI=1S/C14H26N4OS.HI/c1-4-12-11-18-13(20-12)7-9-17-14(15-3)16-8-6-10-19-5-2;/h11H,4-10H2,1-3H3,(H2,15,16,17);1H. The van der Waals surface area contributed by atoms with Gasteiger partial charge in [0, 0.05) is 50.8 Å². The van der Waals surface area contributed by atoms with E-state index in [0.717, 1.165) is 51.5 Å². The number of nitrogens with zero attached hydrogens (tertiary/aromatic N) is 2. The number of hydrogen-bond acceptors (Lipinski definition) is 4. The third-order valence-corrected chi connectivity index (χ3v) is 3.97. The average Bonchev–Trinajstić information content (AvgIpc) is 2.93. The third-order valence-electron chi connectivity index (χ3n) is 2.77. The van der Waals surface area contributed by atoms with Crippen LogP contribution in [0.2, 0.25) is 0 Å². The average molecular weight is 426 g/mol. The molecule has 122 valence electrons. The number of aliphatic imine (C=N–C) groups is 1. The van der Waals surface area contributed by atoms with Crippen LogP contribution < -0.4 is 10.6 Å². The first-order chi connectivity index (χ1) is 9.80. The highest BCUT2D eigenvalue weighted by Gasteiger charge is 2.01. The zero-order chi connectivity index (χ0) is 14.6. The fourth-order valence-electron chi connectivity index (χ4n) is 1.66. The van der Waals surface area contributed by atoms with Gasteiger partial charge in [-0.25, -0.2) is 4.98 Å². The van der Waals surface area contributed by atoms with Crippen LogP contribution in [0.5, 0.6) is 0 Å². The number of ether oxygens (including phenoxy) is 1. The minimum Gasteiger partial charge on any atom is -0.382 e. The van der Waals surface area contributed by atoms with Crippen LogP contribution in [-0.2, 0) is 17.6 Å². The molecule has 1 rings (SSSR count). The van der Waals surface area contributed by atoms with Crippen LogP contribution in [0.25, 0.3) is 0 Å². The van der Waals surface area contributed by atoms with Crippen LogP contribution >= 0.6 is 35.3 Å². The molecule has 0 aliphatic heterocycles. The molecule has 1 aromatic rings. The van der Waals surface area contributed by atoms with Crippen molar-refractivity contribution in [3.8, 4) is 0 Å². The Morgan fingerprint density at radius 3 is 2.71 bits per heavy atom. The number of aryl methyl sites for hydroxylation is 1. The van der Waals surface area contributed by atoms with Gasteiger partial charge < -0.3 is 15.4 Å². The van der Waals surface area contributed by atoms with E-state index in [1.807, 2.05) is 13.1 Å². The molecular weight excluding hydrogens is 399 g/mol. The molecule has 0 saturated carbocycles. The van der Waals surface area contributed by atoms with Crippen LogP contribution in [0, 0.1) is 0 Å². The molecule has 0 unspecified atom stereocenters. The Morgan fingerprint density at radius 2 is 2.10 bits per heavy atom. The summed E-state index contributed by atoms with van der Waals surface area (Å²) >= 11 is 1.79. The maximum absolute atomic E-state index is 5.29. The molecule has 2 N–H and O–H groups in total. The second-order valence-corrected chi connectivity index (χ2v) is 5.50. The Labute approximate surface area is 149 Å². The molecule has 21 heavy (non-hydrogen) atoms. The molecule has 0 aliphatic carbocycles. The third kappa shape index (κ3) is 9.26. The summed E-state index contributed by atoms with van der Waals surface area (Å²) in [5.41, 5.74) is 0. The summed E-state index contributed by atoms with van der Waals surface area (Å²) < 4.78 is 5.29. The fourth-order valence-corrected chi connectivity index (χ4v) is 2.52. The highest BCUT2D eigenvalue weighted by Crippen LogP contribution is 2.13. The van der Waals surface area contributed by atoms with Crippen molar-refractivity contribution in [1.29, 1.82) is 0 Å². The van der Waals surface area contributed by atoms with Crippen LogP contribution in [0.3, 0.4) is 0 Å².